The van der Waals surface area contributed by atoms with E-state index in [1.807, 2.05) is 30.3 Å². The maximum atomic E-state index is 12.7. The monoisotopic (exact) mass is 391 g/mol. The fourth-order valence-corrected chi connectivity index (χ4v) is 4.29. The minimum absolute atomic E-state index is 0.0285. The van der Waals surface area contributed by atoms with Gasteiger partial charge >= 0.3 is 0 Å². The Kier molecular flexibility index (Phi) is 6.25. The van der Waals surface area contributed by atoms with Crippen molar-refractivity contribution in [2.75, 3.05) is 31.1 Å². The SMILES string of the molecule is O=C(N[C@@H]1CCCN(CCc2ccccc2)C1)c1ccc(N2CCCC2=O)cc1. The third-order valence-corrected chi connectivity index (χ3v) is 5.91. The Balaban J connectivity index is 1.29. The minimum atomic E-state index is -0.0285. The van der Waals surface area contributed by atoms with Crippen LogP contribution in [0.3, 0.4) is 0 Å². The van der Waals surface area contributed by atoms with E-state index in [0.29, 0.717) is 12.0 Å². The number of carbonyl (C=O) groups excluding carboxylic acids is 2. The molecule has 0 spiro atoms. The second-order valence-electron chi connectivity index (χ2n) is 8.04. The molecule has 2 aliphatic heterocycles. The standard InChI is InChI=1S/C24H29N3O2/c28-23-9-5-16-27(23)22-12-10-20(11-13-22)24(29)25-21-8-4-15-26(18-21)17-14-19-6-2-1-3-7-19/h1-3,6-7,10-13,21H,4-5,8-9,14-18H2,(H,25,29)/t21-/m1/s1. The molecule has 1 atom stereocenters. The van der Waals surface area contributed by atoms with Gasteiger partial charge in [0.2, 0.25) is 5.91 Å². The molecule has 2 fully saturated rings. The highest BCUT2D eigenvalue weighted by atomic mass is 16.2. The lowest BCUT2D eigenvalue weighted by Crippen LogP contribution is -2.48. The van der Waals surface area contributed by atoms with Crippen molar-refractivity contribution in [2.45, 2.75) is 38.1 Å². The maximum absolute atomic E-state index is 12.7. The van der Waals surface area contributed by atoms with Gasteiger partial charge in [-0.2, -0.15) is 0 Å². The Bertz CT molecular complexity index is 835. The van der Waals surface area contributed by atoms with Gasteiger partial charge in [0.25, 0.3) is 5.91 Å². The third kappa shape index (κ3) is 5.04. The molecule has 0 aliphatic carbocycles. The van der Waals surface area contributed by atoms with E-state index in [0.717, 1.165) is 57.5 Å². The van der Waals surface area contributed by atoms with Crippen molar-refractivity contribution in [1.82, 2.24) is 10.2 Å². The molecule has 1 N–H and O–H groups in total. The zero-order chi connectivity index (χ0) is 20.1. The van der Waals surface area contributed by atoms with E-state index in [1.54, 1.807) is 4.90 Å². The number of amides is 2. The van der Waals surface area contributed by atoms with Gasteiger partial charge in [-0.05, 0) is 62.1 Å². The van der Waals surface area contributed by atoms with Crippen molar-refractivity contribution in [2.24, 2.45) is 0 Å². The third-order valence-electron chi connectivity index (χ3n) is 5.91. The predicted molar refractivity (Wildman–Crippen MR) is 115 cm³/mol. The summed E-state index contributed by atoms with van der Waals surface area (Å²) in [6.45, 7) is 3.79. The number of hydrogen-bond donors (Lipinski definition) is 1. The summed E-state index contributed by atoms with van der Waals surface area (Å²) in [6, 6.07) is 18.1. The van der Waals surface area contributed by atoms with Crippen LogP contribution in [0.1, 0.15) is 41.6 Å². The predicted octanol–water partition coefficient (Wildman–Crippen LogP) is 3.25. The molecule has 2 aromatic carbocycles. The molecule has 0 bridgehead atoms. The summed E-state index contributed by atoms with van der Waals surface area (Å²) in [5, 5.41) is 3.20. The highest BCUT2D eigenvalue weighted by Gasteiger charge is 2.23. The topological polar surface area (TPSA) is 52.7 Å². The lowest BCUT2D eigenvalue weighted by atomic mass is 10.0. The molecule has 0 radical (unpaired) electrons. The summed E-state index contributed by atoms with van der Waals surface area (Å²) in [7, 11) is 0. The van der Waals surface area contributed by atoms with Crippen LogP contribution in [-0.2, 0) is 11.2 Å². The second kappa shape index (κ2) is 9.23. The van der Waals surface area contributed by atoms with Crippen molar-refractivity contribution in [3.05, 3.63) is 65.7 Å². The summed E-state index contributed by atoms with van der Waals surface area (Å²) in [4.78, 5) is 28.8. The Labute approximate surface area is 172 Å². The van der Waals surface area contributed by atoms with Gasteiger partial charge in [-0.25, -0.2) is 0 Å². The van der Waals surface area contributed by atoms with Gasteiger partial charge in [0, 0.05) is 43.3 Å². The molecule has 2 saturated heterocycles. The van der Waals surface area contributed by atoms with Crippen LogP contribution in [0, 0.1) is 0 Å². The lowest BCUT2D eigenvalue weighted by Gasteiger charge is -2.33. The smallest absolute Gasteiger partial charge is 0.251 e. The molecule has 2 aliphatic rings. The van der Waals surface area contributed by atoms with E-state index < -0.39 is 0 Å². The molecule has 2 amide bonds. The summed E-state index contributed by atoms with van der Waals surface area (Å²) in [6.07, 6.45) is 4.69. The van der Waals surface area contributed by atoms with E-state index in [-0.39, 0.29) is 17.9 Å². The quantitative estimate of drug-likeness (QED) is 0.822. The molecule has 152 valence electrons. The van der Waals surface area contributed by atoms with Gasteiger partial charge in [0.1, 0.15) is 0 Å². The van der Waals surface area contributed by atoms with Gasteiger partial charge < -0.3 is 15.1 Å². The molecule has 2 aromatic rings. The number of nitrogens with zero attached hydrogens (tertiary/aromatic N) is 2. The highest BCUT2D eigenvalue weighted by molar-refractivity contribution is 5.97. The van der Waals surface area contributed by atoms with Crippen LogP contribution in [0.15, 0.2) is 54.6 Å². The summed E-state index contributed by atoms with van der Waals surface area (Å²) in [5.41, 5.74) is 2.89. The molecule has 0 unspecified atom stereocenters. The van der Waals surface area contributed by atoms with E-state index in [1.165, 1.54) is 5.56 Å². The Hall–Kier alpha value is -2.66. The van der Waals surface area contributed by atoms with Crippen LogP contribution >= 0.6 is 0 Å². The second-order valence-corrected chi connectivity index (χ2v) is 8.04. The van der Waals surface area contributed by atoms with E-state index in [9.17, 15) is 9.59 Å². The first-order valence-electron chi connectivity index (χ1n) is 10.7. The van der Waals surface area contributed by atoms with Gasteiger partial charge in [0.15, 0.2) is 0 Å². The molecule has 4 rings (SSSR count). The molecular weight excluding hydrogens is 362 g/mol. The fraction of sp³-hybridized carbons (Fsp3) is 0.417. The largest absolute Gasteiger partial charge is 0.348 e. The van der Waals surface area contributed by atoms with Crippen LogP contribution in [0.25, 0.3) is 0 Å². The molecule has 0 aromatic heterocycles. The number of nitrogens with one attached hydrogen (secondary N) is 1. The van der Waals surface area contributed by atoms with Crippen LogP contribution in [0.5, 0.6) is 0 Å². The van der Waals surface area contributed by atoms with Crippen molar-refractivity contribution in [3.63, 3.8) is 0 Å². The molecular formula is C24H29N3O2. The summed E-state index contributed by atoms with van der Waals surface area (Å²) >= 11 is 0. The lowest BCUT2D eigenvalue weighted by molar-refractivity contribution is -0.117. The molecule has 2 heterocycles. The molecule has 5 nitrogen and oxygen atoms in total. The molecule has 29 heavy (non-hydrogen) atoms. The first kappa shape index (κ1) is 19.6. The van der Waals surface area contributed by atoms with Gasteiger partial charge in [-0.15, -0.1) is 0 Å². The van der Waals surface area contributed by atoms with E-state index in [4.69, 9.17) is 0 Å². The number of anilines is 1. The zero-order valence-corrected chi connectivity index (χ0v) is 16.8. The summed E-state index contributed by atoms with van der Waals surface area (Å²) < 4.78 is 0. The van der Waals surface area contributed by atoms with Crippen molar-refractivity contribution >= 4 is 17.5 Å². The van der Waals surface area contributed by atoms with Gasteiger partial charge in [0.05, 0.1) is 0 Å². The van der Waals surface area contributed by atoms with Gasteiger partial charge in [-0.3, -0.25) is 9.59 Å². The van der Waals surface area contributed by atoms with E-state index >= 15 is 0 Å². The maximum Gasteiger partial charge on any atom is 0.251 e. The van der Waals surface area contributed by atoms with Crippen molar-refractivity contribution < 1.29 is 9.59 Å². The number of likely N-dealkylation sites (tertiary alicyclic amines) is 1. The number of benzene rings is 2. The fourth-order valence-electron chi connectivity index (χ4n) is 4.29. The average Bonchev–Trinajstić information content (AvgIpc) is 3.19. The Morgan fingerprint density at radius 3 is 2.52 bits per heavy atom. The number of piperidine rings is 1. The van der Waals surface area contributed by atoms with Gasteiger partial charge in [-0.1, -0.05) is 30.3 Å². The minimum Gasteiger partial charge on any atom is -0.348 e. The number of hydrogen-bond acceptors (Lipinski definition) is 3. The summed E-state index contributed by atoms with van der Waals surface area (Å²) in [5.74, 6) is 0.138. The van der Waals surface area contributed by atoms with Crippen LogP contribution in [0.2, 0.25) is 0 Å². The zero-order valence-electron chi connectivity index (χ0n) is 16.8. The normalized spacial score (nSPS) is 20.1. The molecule has 0 saturated carbocycles. The van der Waals surface area contributed by atoms with Crippen LogP contribution < -0.4 is 10.2 Å². The van der Waals surface area contributed by atoms with Crippen molar-refractivity contribution in [3.8, 4) is 0 Å². The first-order valence-corrected chi connectivity index (χ1v) is 10.7. The average molecular weight is 392 g/mol. The number of rotatable bonds is 6. The molecule has 5 heteroatoms. The Morgan fingerprint density at radius 2 is 1.79 bits per heavy atom. The van der Waals surface area contributed by atoms with Crippen LogP contribution in [-0.4, -0.2) is 48.9 Å². The van der Waals surface area contributed by atoms with Crippen molar-refractivity contribution in [1.29, 1.82) is 0 Å². The first-order chi connectivity index (χ1) is 14.2. The van der Waals surface area contributed by atoms with Crippen LogP contribution in [0.4, 0.5) is 5.69 Å². The Morgan fingerprint density at radius 1 is 1.00 bits per heavy atom. The number of carbonyl (C=O) groups is 2. The highest BCUT2D eigenvalue weighted by Crippen LogP contribution is 2.22. The van der Waals surface area contributed by atoms with E-state index in [2.05, 4.69) is 34.5 Å².